The van der Waals surface area contributed by atoms with E-state index in [4.69, 9.17) is 4.74 Å². The van der Waals surface area contributed by atoms with Gasteiger partial charge in [-0.1, -0.05) is 48.1 Å². The van der Waals surface area contributed by atoms with Crippen molar-refractivity contribution in [2.75, 3.05) is 6.61 Å². The second kappa shape index (κ2) is 11.7. The zero-order chi connectivity index (χ0) is 22.1. The van der Waals surface area contributed by atoms with E-state index in [-0.39, 0.29) is 6.61 Å². The zero-order valence-electron chi connectivity index (χ0n) is 18.2. The molecule has 0 bridgehead atoms. The van der Waals surface area contributed by atoms with E-state index in [1.165, 1.54) is 0 Å². The molecule has 2 aromatic carbocycles. The minimum Gasteiger partial charge on any atom is -0.507 e. The van der Waals surface area contributed by atoms with Gasteiger partial charge in [0.05, 0.1) is 25.4 Å². The Kier molecular flexibility index (Phi) is 9.31. The van der Waals surface area contributed by atoms with E-state index < -0.39 is 18.1 Å². The minimum atomic E-state index is -0.812. The second-order valence-corrected chi connectivity index (χ2v) is 7.98. The molecule has 0 radical (unpaired) electrons. The molecule has 3 N–H and O–H groups in total. The average molecular weight is 411 g/mol. The number of phenolic OH excluding ortho intramolecular Hbond substituents is 1. The highest BCUT2D eigenvalue weighted by Crippen LogP contribution is 2.25. The van der Waals surface area contributed by atoms with Crippen molar-refractivity contribution in [3.63, 3.8) is 0 Å². The molecular weight excluding hydrogens is 376 g/mol. The predicted molar refractivity (Wildman–Crippen MR) is 122 cm³/mol. The highest BCUT2D eigenvalue weighted by Gasteiger charge is 2.24. The van der Waals surface area contributed by atoms with Crippen LogP contribution in [0.1, 0.15) is 42.0 Å². The van der Waals surface area contributed by atoms with E-state index in [0.29, 0.717) is 25.2 Å². The monoisotopic (exact) mass is 410 g/mol. The van der Waals surface area contributed by atoms with Gasteiger partial charge in [0.2, 0.25) is 0 Å². The van der Waals surface area contributed by atoms with E-state index in [1.54, 1.807) is 6.08 Å². The van der Waals surface area contributed by atoms with Crippen molar-refractivity contribution < 1.29 is 20.1 Å². The lowest BCUT2D eigenvalue weighted by atomic mass is 9.91. The molecule has 0 fully saturated rings. The summed E-state index contributed by atoms with van der Waals surface area (Å²) in [5.41, 5.74) is 4.89. The molecule has 3 atom stereocenters. The lowest BCUT2D eigenvalue weighted by Gasteiger charge is -2.25. The molecule has 0 amide bonds. The number of allylic oxidation sites excluding steroid dienone is 1. The normalized spacial score (nSPS) is 14.9. The fraction of sp³-hybridized carbons (Fsp3) is 0.385. The van der Waals surface area contributed by atoms with Crippen LogP contribution in [0, 0.1) is 19.8 Å². The van der Waals surface area contributed by atoms with Crippen LogP contribution < -0.4 is 0 Å². The molecular formula is C26H34O4. The first kappa shape index (κ1) is 23.9. The Balaban J connectivity index is 1.86. The van der Waals surface area contributed by atoms with Crippen LogP contribution in [0.2, 0.25) is 0 Å². The third kappa shape index (κ3) is 7.13. The summed E-state index contributed by atoms with van der Waals surface area (Å²) in [5, 5.41) is 30.9. The molecule has 4 nitrogen and oxygen atoms in total. The first-order valence-corrected chi connectivity index (χ1v) is 10.4. The lowest BCUT2D eigenvalue weighted by molar-refractivity contribution is -0.0273. The number of ether oxygens (including phenoxy) is 1. The number of aromatic hydroxyl groups is 1. The van der Waals surface area contributed by atoms with E-state index in [0.717, 1.165) is 27.8 Å². The van der Waals surface area contributed by atoms with Crippen LogP contribution in [0.3, 0.4) is 0 Å². The largest absolute Gasteiger partial charge is 0.507 e. The number of benzene rings is 2. The van der Waals surface area contributed by atoms with Crippen molar-refractivity contribution in [2.24, 2.45) is 5.92 Å². The Hall–Kier alpha value is -2.40. The number of hydrogen-bond donors (Lipinski definition) is 3. The molecule has 0 spiro atoms. The van der Waals surface area contributed by atoms with Gasteiger partial charge in [-0.25, -0.2) is 0 Å². The third-order valence-corrected chi connectivity index (χ3v) is 5.32. The van der Waals surface area contributed by atoms with Crippen LogP contribution in [-0.4, -0.2) is 34.1 Å². The highest BCUT2D eigenvalue weighted by molar-refractivity contribution is 5.57. The molecule has 0 saturated carbocycles. The Bertz CT molecular complexity index is 818. The van der Waals surface area contributed by atoms with Crippen molar-refractivity contribution in [3.05, 3.63) is 82.9 Å². The molecule has 2 rings (SSSR count). The van der Waals surface area contributed by atoms with Gasteiger partial charge in [-0.2, -0.15) is 0 Å². The molecule has 0 saturated heterocycles. The molecule has 0 aliphatic heterocycles. The summed E-state index contributed by atoms with van der Waals surface area (Å²) in [6.07, 6.45) is 3.37. The molecule has 0 aromatic heterocycles. The summed E-state index contributed by atoms with van der Waals surface area (Å²) >= 11 is 0. The van der Waals surface area contributed by atoms with Gasteiger partial charge in [-0.15, -0.1) is 6.58 Å². The van der Waals surface area contributed by atoms with Gasteiger partial charge < -0.3 is 20.1 Å². The van der Waals surface area contributed by atoms with Gasteiger partial charge in [0.25, 0.3) is 0 Å². The topological polar surface area (TPSA) is 69.9 Å². The quantitative estimate of drug-likeness (QED) is 0.459. The van der Waals surface area contributed by atoms with Crippen molar-refractivity contribution in [2.45, 2.75) is 52.4 Å². The van der Waals surface area contributed by atoms with E-state index in [2.05, 4.69) is 12.7 Å². The number of phenols is 1. The predicted octanol–water partition coefficient (Wildman–Crippen LogP) is 4.93. The maximum absolute atomic E-state index is 10.6. The SMILES string of the molecule is C=C[C@H]([C@H](O)CC/C(C)=C/c1cc(C)c(O)c(C)c1)[C@H](O)COCc1ccccc1. The summed E-state index contributed by atoms with van der Waals surface area (Å²) in [4.78, 5) is 0. The summed E-state index contributed by atoms with van der Waals surface area (Å²) in [6.45, 7) is 10.1. The molecule has 0 unspecified atom stereocenters. The van der Waals surface area contributed by atoms with Crippen LogP contribution in [0.25, 0.3) is 6.08 Å². The molecule has 0 aliphatic rings. The maximum atomic E-state index is 10.6. The van der Waals surface area contributed by atoms with Gasteiger partial charge in [0.1, 0.15) is 5.75 Å². The van der Waals surface area contributed by atoms with Gasteiger partial charge >= 0.3 is 0 Å². The fourth-order valence-corrected chi connectivity index (χ4v) is 3.55. The number of aliphatic hydroxyl groups excluding tert-OH is 2. The van der Waals surface area contributed by atoms with Crippen molar-refractivity contribution in [3.8, 4) is 5.75 Å². The Morgan fingerprint density at radius 3 is 2.30 bits per heavy atom. The fourth-order valence-electron chi connectivity index (χ4n) is 3.55. The van der Waals surface area contributed by atoms with Gasteiger partial charge in [0.15, 0.2) is 0 Å². The number of aliphatic hydroxyl groups is 2. The maximum Gasteiger partial charge on any atom is 0.121 e. The van der Waals surface area contributed by atoms with Crippen LogP contribution in [-0.2, 0) is 11.3 Å². The Morgan fingerprint density at radius 1 is 1.07 bits per heavy atom. The number of aryl methyl sites for hydroxylation is 2. The van der Waals surface area contributed by atoms with E-state index in [1.807, 2.05) is 63.2 Å². The molecule has 4 heteroatoms. The van der Waals surface area contributed by atoms with Crippen molar-refractivity contribution in [1.82, 2.24) is 0 Å². The summed E-state index contributed by atoms with van der Waals surface area (Å²) in [5.74, 6) is -0.121. The molecule has 0 aliphatic carbocycles. The number of rotatable bonds is 11. The van der Waals surface area contributed by atoms with Gasteiger partial charge in [-0.3, -0.25) is 0 Å². The van der Waals surface area contributed by atoms with Gasteiger partial charge in [-0.05, 0) is 68.0 Å². The smallest absolute Gasteiger partial charge is 0.121 e. The molecule has 2 aromatic rings. The van der Waals surface area contributed by atoms with Crippen LogP contribution in [0.5, 0.6) is 5.75 Å². The minimum absolute atomic E-state index is 0.142. The Labute approximate surface area is 180 Å². The second-order valence-electron chi connectivity index (χ2n) is 7.98. The molecule has 0 heterocycles. The van der Waals surface area contributed by atoms with E-state index in [9.17, 15) is 15.3 Å². The van der Waals surface area contributed by atoms with Crippen LogP contribution in [0.15, 0.2) is 60.7 Å². The van der Waals surface area contributed by atoms with Crippen LogP contribution >= 0.6 is 0 Å². The summed E-state index contributed by atoms with van der Waals surface area (Å²) in [7, 11) is 0. The van der Waals surface area contributed by atoms with Crippen LogP contribution in [0.4, 0.5) is 0 Å². The Morgan fingerprint density at radius 2 is 1.70 bits per heavy atom. The summed E-state index contributed by atoms with van der Waals surface area (Å²) < 4.78 is 5.61. The van der Waals surface area contributed by atoms with Gasteiger partial charge in [0, 0.05) is 5.92 Å². The third-order valence-electron chi connectivity index (χ3n) is 5.32. The number of hydrogen-bond acceptors (Lipinski definition) is 4. The lowest BCUT2D eigenvalue weighted by Crippen LogP contribution is -2.33. The molecule has 30 heavy (non-hydrogen) atoms. The zero-order valence-corrected chi connectivity index (χ0v) is 18.2. The summed E-state index contributed by atoms with van der Waals surface area (Å²) in [6, 6.07) is 13.7. The van der Waals surface area contributed by atoms with Crippen molar-refractivity contribution in [1.29, 1.82) is 0 Å². The average Bonchev–Trinajstić information content (AvgIpc) is 2.71. The first-order valence-electron chi connectivity index (χ1n) is 10.4. The first-order chi connectivity index (χ1) is 14.3. The standard InChI is InChI=1S/C26H34O4/c1-5-23(25(28)17-30-16-21-9-7-6-8-10-21)24(27)12-11-18(2)13-22-14-19(3)26(29)20(4)15-22/h5-10,13-15,23-25,27-29H,1,11-12,16-17H2,2-4H3/b18-13+/t23-,24-,25-/m1/s1. The molecule has 162 valence electrons. The van der Waals surface area contributed by atoms with E-state index >= 15 is 0 Å². The highest BCUT2D eigenvalue weighted by atomic mass is 16.5. The van der Waals surface area contributed by atoms with Crippen molar-refractivity contribution >= 4 is 6.08 Å².